The van der Waals surface area contributed by atoms with Gasteiger partial charge in [-0.05, 0) is 42.5 Å². The summed E-state index contributed by atoms with van der Waals surface area (Å²) in [5.74, 6) is 0.717. The first-order valence-corrected chi connectivity index (χ1v) is 11.6. The molecule has 3 rings (SSSR count). The lowest BCUT2D eigenvalue weighted by molar-refractivity contribution is -0.0334. The molecule has 0 radical (unpaired) electrons. The lowest BCUT2D eigenvalue weighted by Crippen LogP contribution is -2.48. The minimum Gasteiger partial charge on any atom is -0.376 e. The number of nitrogens with one attached hydrogen (secondary N) is 3. The first kappa shape index (κ1) is 23.2. The predicted molar refractivity (Wildman–Crippen MR) is 127 cm³/mol. The summed E-state index contributed by atoms with van der Waals surface area (Å²) in [4.78, 5) is 20.0. The highest BCUT2D eigenvalue weighted by Gasteiger charge is 2.26. The van der Waals surface area contributed by atoms with Gasteiger partial charge in [-0.15, -0.1) is 11.3 Å². The normalized spacial score (nSPS) is 18.4. The molecule has 0 spiro atoms. The van der Waals surface area contributed by atoms with Crippen LogP contribution in [0.5, 0.6) is 0 Å². The zero-order chi connectivity index (χ0) is 22.1. The van der Waals surface area contributed by atoms with Gasteiger partial charge in [0.2, 0.25) is 0 Å². The molecule has 2 atom stereocenters. The molecule has 8 heteroatoms. The van der Waals surface area contributed by atoms with Crippen LogP contribution in [0.4, 0.5) is 0 Å². The first-order chi connectivity index (χ1) is 15.1. The number of hydrogen-bond donors (Lipinski definition) is 3. The van der Waals surface area contributed by atoms with E-state index in [4.69, 9.17) is 4.74 Å². The average molecular weight is 444 g/mol. The largest absolute Gasteiger partial charge is 0.376 e. The van der Waals surface area contributed by atoms with Gasteiger partial charge in [-0.3, -0.25) is 14.7 Å². The topological polar surface area (TPSA) is 78.0 Å². The maximum absolute atomic E-state index is 11.8. The molecule has 0 saturated carbocycles. The van der Waals surface area contributed by atoms with E-state index in [1.165, 1.54) is 4.88 Å². The van der Waals surface area contributed by atoms with Gasteiger partial charge < -0.3 is 20.7 Å². The van der Waals surface area contributed by atoms with E-state index in [1.807, 2.05) is 24.3 Å². The number of guanidine groups is 1. The summed E-state index contributed by atoms with van der Waals surface area (Å²) in [6, 6.07) is 12.3. The van der Waals surface area contributed by atoms with Crippen molar-refractivity contribution in [3.63, 3.8) is 0 Å². The molecule has 0 aliphatic carbocycles. The van der Waals surface area contributed by atoms with Gasteiger partial charge in [0.25, 0.3) is 5.91 Å². The quantitative estimate of drug-likeness (QED) is 0.431. The van der Waals surface area contributed by atoms with Gasteiger partial charge in [0, 0.05) is 50.7 Å². The Bertz CT molecular complexity index is 855. The van der Waals surface area contributed by atoms with Crippen LogP contribution in [-0.2, 0) is 11.2 Å². The first-order valence-electron chi connectivity index (χ1n) is 10.7. The van der Waals surface area contributed by atoms with Crippen LogP contribution in [0.3, 0.4) is 0 Å². The molecule has 168 valence electrons. The fourth-order valence-corrected chi connectivity index (χ4v) is 4.63. The number of morpholine rings is 1. The number of carbonyl (C=O) groups is 1. The number of thiophene rings is 1. The van der Waals surface area contributed by atoms with Gasteiger partial charge in [-0.1, -0.05) is 18.2 Å². The summed E-state index contributed by atoms with van der Waals surface area (Å²) in [6.45, 7) is 6.27. The van der Waals surface area contributed by atoms with Crippen LogP contribution >= 0.6 is 11.3 Å². The predicted octanol–water partition coefficient (Wildman–Crippen LogP) is 2.28. The van der Waals surface area contributed by atoms with Crippen LogP contribution < -0.4 is 16.0 Å². The second-order valence-electron chi connectivity index (χ2n) is 7.62. The van der Waals surface area contributed by atoms with Crippen molar-refractivity contribution >= 4 is 23.2 Å². The van der Waals surface area contributed by atoms with Gasteiger partial charge in [0.1, 0.15) is 0 Å². The highest BCUT2D eigenvalue weighted by molar-refractivity contribution is 7.10. The van der Waals surface area contributed by atoms with Gasteiger partial charge in [0.05, 0.1) is 18.8 Å². The molecule has 1 fully saturated rings. The lowest BCUT2D eigenvalue weighted by atomic mass is 10.1. The Morgan fingerprint density at radius 1 is 1.32 bits per heavy atom. The Kier molecular flexibility index (Phi) is 8.87. The summed E-state index contributed by atoms with van der Waals surface area (Å²) in [5.41, 5.74) is 1.80. The van der Waals surface area contributed by atoms with E-state index in [0.29, 0.717) is 5.56 Å². The Labute approximate surface area is 188 Å². The number of hydrogen-bond acceptors (Lipinski definition) is 5. The Balaban J connectivity index is 1.53. The third-order valence-electron chi connectivity index (χ3n) is 5.39. The molecule has 2 aromatic rings. The number of carbonyl (C=O) groups excluding carboxylic acids is 1. The molecule has 7 nitrogen and oxygen atoms in total. The molecule has 2 unspecified atom stereocenters. The molecule has 31 heavy (non-hydrogen) atoms. The maximum Gasteiger partial charge on any atom is 0.251 e. The molecule has 1 amide bonds. The third kappa shape index (κ3) is 6.78. The van der Waals surface area contributed by atoms with Crippen molar-refractivity contribution in [3.05, 3.63) is 57.8 Å². The van der Waals surface area contributed by atoms with E-state index in [9.17, 15) is 4.79 Å². The zero-order valence-corrected chi connectivity index (χ0v) is 19.4. The van der Waals surface area contributed by atoms with Crippen molar-refractivity contribution in [2.45, 2.75) is 25.5 Å². The molecule has 1 saturated heterocycles. The molecule has 2 heterocycles. The molecule has 1 aromatic carbocycles. The molecule has 0 bridgehead atoms. The van der Waals surface area contributed by atoms with E-state index < -0.39 is 0 Å². The number of rotatable bonds is 8. The van der Waals surface area contributed by atoms with Crippen molar-refractivity contribution in [1.82, 2.24) is 20.9 Å². The average Bonchev–Trinajstić information content (AvgIpc) is 3.32. The summed E-state index contributed by atoms with van der Waals surface area (Å²) >= 11 is 1.79. The maximum atomic E-state index is 11.8. The summed E-state index contributed by atoms with van der Waals surface area (Å²) in [6.07, 6.45) is 1.06. The molecular weight excluding hydrogens is 410 g/mol. The van der Waals surface area contributed by atoms with Gasteiger partial charge in [-0.2, -0.15) is 0 Å². The fraction of sp³-hybridized carbons (Fsp3) is 0.478. The van der Waals surface area contributed by atoms with Crippen molar-refractivity contribution in [3.8, 4) is 0 Å². The van der Waals surface area contributed by atoms with Crippen molar-refractivity contribution in [1.29, 1.82) is 0 Å². The minimum absolute atomic E-state index is 0.0654. The number of ether oxygens (including phenoxy) is 1. The van der Waals surface area contributed by atoms with Crippen molar-refractivity contribution < 1.29 is 9.53 Å². The molecule has 1 aliphatic heterocycles. The molecule has 1 aromatic heterocycles. The van der Waals surface area contributed by atoms with Crippen molar-refractivity contribution in [2.75, 3.05) is 46.9 Å². The lowest BCUT2D eigenvalue weighted by Gasteiger charge is -2.37. The Hall–Kier alpha value is -2.42. The van der Waals surface area contributed by atoms with Gasteiger partial charge in [-0.25, -0.2) is 0 Å². The summed E-state index contributed by atoms with van der Waals surface area (Å²) in [7, 11) is 3.44. The van der Waals surface area contributed by atoms with Crippen molar-refractivity contribution in [2.24, 2.45) is 4.99 Å². The Morgan fingerprint density at radius 2 is 2.19 bits per heavy atom. The Morgan fingerprint density at radius 3 is 2.90 bits per heavy atom. The van der Waals surface area contributed by atoms with E-state index >= 15 is 0 Å². The smallest absolute Gasteiger partial charge is 0.251 e. The highest BCUT2D eigenvalue weighted by atomic mass is 32.1. The summed E-state index contributed by atoms with van der Waals surface area (Å²) in [5, 5.41) is 11.7. The van der Waals surface area contributed by atoms with Crippen LogP contribution in [0.1, 0.15) is 33.8 Å². The van der Waals surface area contributed by atoms with Crippen LogP contribution in [-0.4, -0.2) is 69.8 Å². The highest BCUT2D eigenvalue weighted by Crippen LogP contribution is 2.26. The van der Waals surface area contributed by atoms with E-state index in [1.54, 1.807) is 25.4 Å². The van der Waals surface area contributed by atoms with Crippen LogP contribution in [0, 0.1) is 0 Å². The number of nitrogens with zero attached hydrogens (tertiary/aromatic N) is 2. The van der Waals surface area contributed by atoms with Crippen LogP contribution in [0.2, 0.25) is 0 Å². The number of amides is 1. The minimum atomic E-state index is -0.0654. The fourth-order valence-electron chi connectivity index (χ4n) is 3.77. The third-order valence-corrected chi connectivity index (χ3v) is 6.37. The molecule has 1 aliphatic rings. The SMILES string of the molecule is CN=C(NCCc1cccc(C(=O)NC)c1)NCC(c1cccs1)N1CCOC(C)C1. The monoisotopic (exact) mass is 443 g/mol. The van der Waals surface area contributed by atoms with E-state index in [-0.39, 0.29) is 18.1 Å². The zero-order valence-electron chi connectivity index (χ0n) is 18.6. The standard InChI is InChI=1S/C23H33N5O2S/c1-17-16-28(11-12-30-17)20(21-8-5-13-31-21)15-27-23(25-3)26-10-9-18-6-4-7-19(14-18)22(29)24-2/h4-8,13-14,17,20H,9-12,15-16H2,1-3H3,(H,24,29)(H2,25,26,27). The second kappa shape index (κ2) is 11.8. The summed E-state index contributed by atoms with van der Waals surface area (Å²) < 4.78 is 5.73. The van der Waals surface area contributed by atoms with Crippen LogP contribution in [0.25, 0.3) is 0 Å². The van der Waals surface area contributed by atoms with Gasteiger partial charge in [0.15, 0.2) is 5.96 Å². The number of aliphatic imine (C=N–C) groups is 1. The van der Waals surface area contributed by atoms with E-state index in [2.05, 4.69) is 50.3 Å². The number of benzene rings is 1. The molecule has 3 N–H and O–H groups in total. The van der Waals surface area contributed by atoms with Crippen LogP contribution in [0.15, 0.2) is 46.8 Å². The van der Waals surface area contributed by atoms with Gasteiger partial charge >= 0.3 is 0 Å². The van der Waals surface area contributed by atoms with E-state index in [0.717, 1.165) is 50.7 Å². The molecular formula is C23H33N5O2S. The second-order valence-corrected chi connectivity index (χ2v) is 8.60.